The maximum atomic E-state index is 13.3. The molecule has 2 atom stereocenters. The topological polar surface area (TPSA) is 186 Å². The number of hydrogen-bond acceptors (Lipinski definition) is 9. The van der Waals surface area contributed by atoms with Crippen LogP contribution in [0.1, 0.15) is 92.7 Å². The first-order valence-corrected chi connectivity index (χ1v) is 17.7. The standard InChI is InChI=1S/C38H40N8O6/c1-22-6-5-19-45(22)21-31-42-27-14-13-25(20-29(27)43-31)41-35(49)24-11-9-23(10-12-24)34(48)40-18-3-2-17-39-28-8-4-7-26-33(28)38(52)46(37(26)51)30-15-16-32(47)44-36(30)50/h4,7-14,20,22,30,39H,2-3,5-6,15-19,21H2,1H3,(H,40,48)(H,41,49)(H,42,43)(H,44,47,50)/t22-,30?/m0/s1. The first kappa shape index (κ1) is 34.6. The molecular formula is C38H40N8O6. The monoisotopic (exact) mass is 704 g/mol. The van der Waals surface area contributed by atoms with Crippen molar-refractivity contribution in [1.29, 1.82) is 0 Å². The zero-order chi connectivity index (χ0) is 36.4. The molecule has 0 bridgehead atoms. The molecule has 5 N–H and O–H groups in total. The molecule has 1 aromatic heterocycles. The molecule has 7 rings (SSSR count). The second-order valence-electron chi connectivity index (χ2n) is 13.5. The van der Waals surface area contributed by atoms with E-state index in [-0.39, 0.29) is 35.8 Å². The Balaban J connectivity index is 0.855. The van der Waals surface area contributed by atoms with Crippen LogP contribution in [0.25, 0.3) is 11.0 Å². The van der Waals surface area contributed by atoms with Gasteiger partial charge in [0.05, 0.1) is 28.7 Å². The lowest BCUT2D eigenvalue weighted by Gasteiger charge is -2.27. The number of rotatable bonds is 12. The Bertz CT molecular complexity index is 2080. The molecule has 268 valence electrons. The van der Waals surface area contributed by atoms with Crippen molar-refractivity contribution in [3.8, 4) is 0 Å². The maximum absolute atomic E-state index is 13.3. The van der Waals surface area contributed by atoms with Gasteiger partial charge in [-0.15, -0.1) is 0 Å². The van der Waals surface area contributed by atoms with E-state index in [2.05, 4.69) is 38.1 Å². The Labute approximate surface area is 299 Å². The third-order valence-electron chi connectivity index (χ3n) is 9.92. The highest BCUT2D eigenvalue weighted by Gasteiger charge is 2.45. The molecule has 6 amide bonds. The molecule has 0 radical (unpaired) electrons. The number of nitrogens with zero attached hydrogens (tertiary/aromatic N) is 3. The van der Waals surface area contributed by atoms with Crippen molar-refractivity contribution in [2.24, 2.45) is 0 Å². The van der Waals surface area contributed by atoms with Crippen molar-refractivity contribution in [2.45, 2.75) is 64.1 Å². The number of imidazole rings is 1. The van der Waals surface area contributed by atoms with Gasteiger partial charge in [-0.05, 0) is 100 Å². The normalized spacial score (nSPS) is 18.8. The number of likely N-dealkylation sites (tertiary alicyclic amines) is 1. The Morgan fingerprint density at radius 2 is 1.67 bits per heavy atom. The fraction of sp³-hybridized carbons (Fsp3) is 0.342. The number of nitrogens with one attached hydrogen (secondary N) is 5. The van der Waals surface area contributed by atoms with Crippen LogP contribution in [0.3, 0.4) is 0 Å². The Morgan fingerprint density at radius 1 is 0.904 bits per heavy atom. The van der Waals surface area contributed by atoms with Crippen LogP contribution < -0.4 is 21.3 Å². The lowest BCUT2D eigenvalue weighted by atomic mass is 10.0. The molecular weight excluding hydrogens is 664 g/mol. The van der Waals surface area contributed by atoms with E-state index in [1.165, 1.54) is 12.8 Å². The number of fused-ring (bicyclic) bond motifs is 2. The highest BCUT2D eigenvalue weighted by atomic mass is 16.2. The molecule has 2 saturated heterocycles. The van der Waals surface area contributed by atoms with E-state index < -0.39 is 29.7 Å². The van der Waals surface area contributed by atoms with Gasteiger partial charge >= 0.3 is 0 Å². The molecule has 3 aliphatic rings. The minimum absolute atomic E-state index is 0.0539. The van der Waals surface area contributed by atoms with Gasteiger partial charge in [0, 0.05) is 48.1 Å². The van der Waals surface area contributed by atoms with Crippen molar-refractivity contribution in [1.82, 2.24) is 30.4 Å². The molecule has 0 spiro atoms. The Morgan fingerprint density at radius 3 is 2.42 bits per heavy atom. The smallest absolute Gasteiger partial charge is 0.264 e. The summed E-state index contributed by atoms with van der Waals surface area (Å²) in [5.74, 6) is -1.85. The second kappa shape index (κ2) is 14.8. The second-order valence-corrected chi connectivity index (χ2v) is 13.5. The molecule has 3 aromatic carbocycles. The summed E-state index contributed by atoms with van der Waals surface area (Å²) in [6.45, 7) is 4.96. The van der Waals surface area contributed by atoms with Gasteiger partial charge in [-0.1, -0.05) is 6.07 Å². The number of carbonyl (C=O) groups excluding carboxylic acids is 6. The quantitative estimate of drug-likeness (QED) is 0.108. The molecule has 52 heavy (non-hydrogen) atoms. The lowest BCUT2D eigenvalue weighted by molar-refractivity contribution is -0.136. The van der Waals surface area contributed by atoms with Gasteiger partial charge in [-0.3, -0.25) is 43.9 Å². The molecule has 0 aliphatic carbocycles. The van der Waals surface area contributed by atoms with E-state index in [0.29, 0.717) is 54.5 Å². The number of aromatic nitrogens is 2. The predicted octanol–water partition coefficient (Wildman–Crippen LogP) is 3.82. The van der Waals surface area contributed by atoms with Gasteiger partial charge in [0.1, 0.15) is 11.9 Å². The van der Waals surface area contributed by atoms with Crippen LogP contribution in [0.5, 0.6) is 0 Å². The van der Waals surface area contributed by atoms with Crippen LogP contribution in [0, 0.1) is 0 Å². The first-order chi connectivity index (χ1) is 25.2. The predicted molar refractivity (Wildman–Crippen MR) is 193 cm³/mol. The van der Waals surface area contributed by atoms with E-state index in [9.17, 15) is 28.8 Å². The molecule has 4 aromatic rings. The summed E-state index contributed by atoms with van der Waals surface area (Å²) in [5, 5.41) is 11.2. The summed E-state index contributed by atoms with van der Waals surface area (Å²) in [5.41, 5.74) is 4.08. The molecule has 1 unspecified atom stereocenters. The van der Waals surface area contributed by atoms with Crippen LogP contribution in [-0.2, 0) is 16.1 Å². The molecule has 2 fully saturated rings. The fourth-order valence-corrected chi connectivity index (χ4v) is 7.05. The number of unbranched alkanes of at least 4 members (excludes halogenated alkanes) is 1. The van der Waals surface area contributed by atoms with Crippen LogP contribution in [0.4, 0.5) is 11.4 Å². The zero-order valence-corrected chi connectivity index (χ0v) is 28.8. The number of amides is 6. The Hall–Kier alpha value is -5.89. The van der Waals surface area contributed by atoms with E-state index >= 15 is 0 Å². The summed E-state index contributed by atoms with van der Waals surface area (Å²) in [7, 11) is 0. The molecule has 3 aliphatic heterocycles. The van der Waals surface area contributed by atoms with Crippen molar-refractivity contribution >= 4 is 57.9 Å². The zero-order valence-electron chi connectivity index (χ0n) is 28.8. The van der Waals surface area contributed by atoms with Gasteiger partial charge in [-0.25, -0.2) is 4.98 Å². The van der Waals surface area contributed by atoms with E-state index in [0.717, 1.165) is 34.8 Å². The van der Waals surface area contributed by atoms with E-state index in [4.69, 9.17) is 4.98 Å². The van der Waals surface area contributed by atoms with E-state index in [1.54, 1.807) is 42.5 Å². The third kappa shape index (κ3) is 7.15. The Kier molecular flexibility index (Phi) is 9.81. The summed E-state index contributed by atoms with van der Waals surface area (Å²) in [6, 6.07) is 16.5. The summed E-state index contributed by atoms with van der Waals surface area (Å²) < 4.78 is 0. The largest absolute Gasteiger partial charge is 0.384 e. The van der Waals surface area contributed by atoms with Crippen LogP contribution >= 0.6 is 0 Å². The number of imide groups is 2. The minimum atomic E-state index is -1.03. The number of hydrogen-bond donors (Lipinski definition) is 5. The summed E-state index contributed by atoms with van der Waals surface area (Å²) in [4.78, 5) is 87.4. The SMILES string of the molecule is C[C@H]1CCCN1Cc1nc2cc(NC(=O)c3ccc(C(=O)NCCCCNc4cccc5c4C(=O)N(C4CCC(=O)NC4=O)C5=O)cc3)ccc2[nH]1. The number of aromatic amines is 1. The van der Waals surface area contributed by atoms with Crippen LogP contribution in [-0.4, -0.2) is 86.9 Å². The van der Waals surface area contributed by atoms with Crippen molar-refractivity contribution < 1.29 is 28.8 Å². The number of carbonyl (C=O) groups is 6. The van der Waals surface area contributed by atoms with E-state index in [1.807, 2.05) is 18.2 Å². The molecule has 14 nitrogen and oxygen atoms in total. The van der Waals surface area contributed by atoms with Crippen molar-refractivity contribution in [3.63, 3.8) is 0 Å². The minimum Gasteiger partial charge on any atom is -0.384 e. The molecule has 4 heterocycles. The fourth-order valence-electron chi connectivity index (χ4n) is 7.05. The number of piperidine rings is 1. The highest BCUT2D eigenvalue weighted by Crippen LogP contribution is 2.32. The number of H-pyrrole nitrogens is 1. The van der Waals surface area contributed by atoms with Gasteiger partial charge in [0.25, 0.3) is 23.6 Å². The first-order valence-electron chi connectivity index (χ1n) is 17.7. The summed E-state index contributed by atoms with van der Waals surface area (Å²) >= 11 is 0. The average Bonchev–Trinajstić information content (AvgIpc) is 3.81. The van der Waals surface area contributed by atoms with Gasteiger partial charge < -0.3 is 20.9 Å². The third-order valence-corrected chi connectivity index (χ3v) is 9.92. The number of benzene rings is 3. The molecule has 14 heteroatoms. The highest BCUT2D eigenvalue weighted by molar-refractivity contribution is 6.25. The van der Waals surface area contributed by atoms with Gasteiger partial charge in [0.2, 0.25) is 11.8 Å². The summed E-state index contributed by atoms with van der Waals surface area (Å²) in [6.07, 6.45) is 3.85. The maximum Gasteiger partial charge on any atom is 0.264 e. The lowest BCUT2D eigenvalue weighted by Crippen LogP contribution is -2.54. The average molecular weight is 705 g/mol. The van der Waals surface area contributed by atoms with Crippen molar-refractivity contribution in [3.05, 3.63) is 88.7 Å². The van der Waals surface area contributed by atoms with Crippen LogP contribution in [0.15, 0.2) is 60.7 Å². The molecule has 0 saturated carbocycles. The van der Waals surface area contributed by atoms with Gasteiger partial charge in [0.15, 0.2) is 0 Å². The van der Waals surface area contributed by atoms with Crippen molar-refractivity contribution in [2.75, 3.05) is 30.3 Å². The van der Waals surface area contributed by atoms with Crippen LogP contribution in [0.2, 0.25) is 0 Å². The van der Waals surface area contributed by atoms with Gasteiger partial charge in [-0.2, -0.15) is 0 Å². The number of anilines is 2.